The average Bonchev–Trinajstić information content (AvgIpc) is 3.48. The number of methoxy groups -OCH3 is 1. The standard InChI is InChI=1S/C22H24F2N8O2S/c1-34-19(13-3-2-4-16(9-13)32-10-14(23)11-32)20(33)26-22-30-29-21(35-22)25-15-7-8-31(12-15)18-6-5-17(24)27-28-18/h2-6,9,14-15,19H,7-8,10-12H2,1H3,(H,25,29)(H,26,30,33)/t15-,19-/m1/s1. The molecule has 2 aliphatic heterocycles. The van der Waals surface area contributed by atoms with Crippen LogP contribution in [0.3, 0.4) is 0 Å². The smallest absolute Gasteiger partial charge is 0.259 e. The summed E-state index contributed by atoms with van der Waals surface area (Å²) in [5.74, 6) is -0.365. The highest BCUT2D eigenvalue weighted by Crippen LogP contribution is 2.29. The van der Waals surface area contributed by atoms with Gasteiger partial charge in [0.2, 0.25) is 16.2 Å². The summed E-state index contributed by atoms with van der Waals surface area (Å²) >= 11 is 1.22. The zero-order valence-corrected chi connectivity index (χ0v) is 19.7. The van der Waals surface area contributed by atoms with Crippen molar-refractivity contribution < 1.29 is 18.3 Å². The number of carbonyl (C=O) groups is 1. The van der Waals surface area contributed by atoms with Gasteiger partial charge in [-0.2, -0.15) is 4.39 Å². The first kappa shape index (κ1) is 23.3. The Labute approximate surface area is 204 Å². The van der Waals surface area contributed by atoms with Crippen LogP contribution in [0.4, 0.5) is 30.5 Å². The third-order valence-electron chi connectivity index (χ3n) is 5.96. The topological polar surface area (TPSA) is 108 Å². The maximum Gasteiger partial charge on any atom is 0.259 e. The van der Waals surface area contributed by atoms with Crippen LogP contribution in [0.25, 0.3) is 0 Å². The summed E-state index contributed by atoms with van der Waals surface area (Å²) in [6, 6.07) is 10.3. The zero-order chi connectivity index (χ0) is 24.4. The third-order valence-corrected chi connectivity index (χ3v) is 6.73. The number of carbonyl (C=O) groups excluding carboxylic acids is 1. The van der Waals surface area contributed by atoms with E-state index in [0.29, 0.717) is 41.3 Å². The highest BCUT2D eigenvalue weighted by atomic mass is 32.1. The van der Waals surface area contributed by atoms with Crippen molar-refractivity contribution in [2.24, 2.45) is 0 Å². The first-order chi connectivity index (χ1) is 17.0. The second kappa shape index (κ2) is 10.0. The van der Waals surface area contributed by atoms with Gasteiger partial charge in [0.1, 0.15) is 6.17 Å². The van der Waals surface area contributed by atoms with E-state index in [9.17, 15) is 13.6 Å². The van der Waals surface area contributed by atoms with Crippen LogP contribution in [0.2, 0.25) is 0 Å². The number of ether oxygens (including phenoxy) is 1. The van der Waals surface area contributed by atoms with E-state index in [1.165, 1.54) is 24.5 Å². The maximum absolute atomic E-state index is 13.2. The number of hydrogen-bond donors (Lipinski definition) is 2. The molecule has 0 spiro atoms. The number of amides is 1. The van der Waals surface area contributed by atoms with Gasteiger partial charge in [0.05, 0.1) is 13.1 Å². The molecular formula is C22H24F2N8O2S. The van der Waals surface area contributed by atoms with Crippen molar-refractivity contribution >= 4 is 39.0 Å². The first-order valence-corrected chi connectivity index (χ1v) is 12.0. The Kier molecular flexibility index (Phi) is 6.68. The molecule has 0 unspecified atom stereocenters. The molecule has 184 valence electrons. The highest BCUT2D eigenvalue weighted by molar-refractivity contribution is 7.19. The first-order valence-electron chi connectivity index (χ1n) is 11.2. The Bertz CT molecular complexity index is 1170. The number of aromatic nitrogens is 4. The van der Waals surface area contributed by atoms with Gasteiger partial charge in [-0.05, 0) is 36.2 Å². The molecular weight excluding hydrogens is 478 g/mol. The number of nitrogens with one attached hydrogen (secondary N) is 2. The van der Waals surface area contributed by atoms with Gasteiger partial charge in [-0.15, -0.1) is 20.4 Å². The quantitative estimate of drug-likeness (QED) is 0.481. The SMILES string of the molecule is CO[C@@H](C(=O)Nc1nnc(N[C@@H]2CCN(c3ccc(F)nn3)C2)s1)c1cccc(N2CC(F)C2)c1. The van der Waals surface area contributed by atoms with Crippen LogP contribution < -0.4 is 20.4 Å². The van der Waals surface area contributed by atoms with E-state index in [1.54, 1.807) is 12.1 Å². The van der Waals surface area contributed by atoms with Gasteiger partial charge in [-0.1, -0.05) is 23.5 Å². The Morgan fingerprint density at radius 1 is 1.11 bits per heavy atom. The van der Waals surface area contributed by atoms with Gasteiger partial charge >= 0.3 is 0 Å². The number of benzene rings is 1. The number of anilines is 4. The fraction of sp³-hybridized carbons (Fsp3) is 0.409. The van der Waals surface area contributed by atoms with Gasteiger partial charge in [0, 0.05) is 31.9 Å². The number of rotatable bonds is 8. The van der Waals surface area contributed by atoms with Crippen LogP contribution in [-0.2, 0) is 9.53 Å². The van der Waals surface area contributed by atoms with Gasteiger partial charge in [-0.3, -0.25) is 10.1 Å². The number of hydrogen-bond acceptors (Lipinski definition) is 10. The third kappa shape index (κ3) is 5.30. The molecule has 4 heterocycles. The van der Waals surface area contributed by atoms with Crippen molar-refractivity contribution in [3.05, 3.63) is 47.9 Å². The fourth-order valence-corrected chi connectivity index (χ4v) is 4.88. The van der Waals surface area contributed by atoms with E-state index in [1.807, 2.05) is 28.0 Å². The molecule has 0 radical (unpaired) electrons. The van der Waals surface area contributed by atoms with Crippen molar-refractivity contribution in [2.45, 2.75) is 24.7 Å². The molecule has 2 saturated heterocycles. The van der Waals surface area contributed by atoms with Gasteiger partial charge < -0.3 is 19.9 Å². The molecule has 2 fully saturated rings. The molecule has 1 aromatic carbocycles. The van der Waals surface area contributed by atoms with Crippen LogP contribution >= 0.6 is 11.3 Å². The second-order valence-electron chi connectivity index (χ2n) is 8.40. The van der Waals surface area contributed by atoms with E-state index in [2.05, 4.69) is 31.0 Å². The molecule has 2 N–H and O–H groups in total. The van der Waals surface area contributed by atoms with Crippen molar-refractivity contribution in [3.8, 4) is 0 Å². The molecule has 1 amide bonds. The van der Waals surface area contributed by atoms with Gasteiger partial charge in [-0.25, -0.2) is 4.39 Å². The highest BCUT2D eigenvalue weighted by Gasteiger charge is 2.28. The Balaban J connectivity index is 1.17. The van der Waals surface area contributed by atoms with Crippen LogP contribution in [0.5, 0.6) is 0 Å². The lowest BCUT2D eigenvalue weighted by atomic mass is 10.1. The zero-order valence-electron chi connectivity index (χ0n) is 18.9. The average molecular weight is 503 g/mol. The van der Waals surface area contributed by atoms with Gasteiger partial charge in [0.15, 0.2) is 11.9 Å². The summed E-state index contributed by atoms with van der Waals surface area (Å²) in [6.45, 7) is 2.11. The number of nitrogens with zero attached hydrogens (tertiary/aromatic N) is 6. The fourth-order valence-electron chi connectivity index (χ4n) is 4.16. The predicted molar refractivity (Wildman–Crippen MR) is 128 cm³/mol. The Hall–Kier alpha value is -3.45. The van der Waals surface area contributed by atoms with E-state index in [0.717, 1.165) is 18.7 Å². The molecule has 0 aliphatic carbocycles. The minimum Gasteiger partial charge on any atom is -0.367 e. The van der Waals surface area contributed by atoms with E-state index < -0.39 is 18.2 Å². The molecule has 0 bridgehead atoms. The summed E-state index contributed by atoms with van der Waals surface area (Å²) < 4.78 is 31.7. The second-order valence-corrected chi connectivity index (χ2v) is 9.38. The monoisotopic (exact) mass is 502 g/mol. The normalized spacial score (nSPS) is 18.9. The van der Waals surface area contributed by atoms with Crippen molar-refractivity contribution in [3.63, 3.8) is 0 Å². The summed E-state index contributed by atoms with van der Waals surface area (Å²) in [4.78, 5) is 16.8. The van der Waals surface area contributed by atoms with Crippen molar-refractivity contribution in [1.82, 2.24) is 20.4 Å². The molecule has 2 atom stereocenters. The summed E-state index contributed by atoms with van der Waals surface area (Å²) in [5.41, 5.74) is 1.52. The molecule has 5 rings (SSSR count). The molecule has 2 aromatic heterocycles. The lowest BCUT2D eigenvalue weighted by Crippen LogP contribution is -2.48. The Morgan fingerprint density at radius 2 is 1.94 bits per heavy atom. The minimum absolute atomic E-state index is 0.0956. The summed E-state index contributed by atoms with van der Waals surface area (Å²) in [6.07, 6.45) is -0.829. The number of halogens is 2. The molecule has 10 nitrogen and oxygen atoms in total. The van der Waals surface area contributed by atoms with Crippen LogP contribution in [0, 0.1) is 5.95 Å². The molecule has 0 saturated carbocycles. The van der Waals surface area contributed by atoms with Crippen LogP contribution in [0.1, 0.15) is 18.1 Å². The predicted octanol–water partition coefficient (Wildman–Crippen LogP) is 2.64. The van der Waals surface area contributed by atoms with Crippen molar-refractivity contribution in [1.29, 1.82) is 0 Å². The molecule has 13 heteroatoms. The van der Waals surface area contributed by atoms with Crippen molar-refractivity contribution in [2.75, 3.05) is 53.7 Å². The summed E-state index contributed by atoms with van der Waals surface area (Å²) in [5, 5.41) is 22.5. The van der Waals surface area contributed by atoms with E-state index in [-0.39, 0.29) is 11.9 Å². The van der Waals surface area contributed by atoms with E-state index in [4.69, 9.17) is 4.74 Å². The lowest BCUT2D eigenvalue weighted by Gasteiger charge is -2.36. The largest absolute Gasteiger partial charge is 0.367 e. The van der Waals surface area contributed by atoms with Crippen LogP contribution in [0.15, 0.2) is 36.4 Å². The summed E-state index contributed by atoms with van der Waals surface area (Å²) in [7, 11) is 1.46. The van der Waals surface area contributed by atoms with Crippen LogP contribution in [-0.4, -0.2) is 71.8 Å². The lowest BCUT2D eigenvalue weighted by molar-refractivity contribution is -0.126. The number of alkyl halides is 1. The molecule has 35 heavy (non-hydrogen) atoms. The Morgan fingerprint density at radius 3 is 2.69 bits per heavy atom. The molecule has 3 aromatic rings. The minimum atomic E-state index is -0.849. The van der Waals surface area contributed by atoms with Gasteiger partial charge in [0.25, 0.3) is 5.91 Å². The maximum atomic E-state index is 13.2. The molecule has 2 aliphatic rings. The van der Waals surface area contributed by atoms with E-state index >= 15 is 0 Å².